The van der Waals surface area contributed by atoms with Crippen LogP contribution < -0.4 is 4.90 Å². The molecular formula is C35H36ClN5O2. The highest BCUT2D eigenvalue weighted by molar-refractivity contribution is 6.37. The number of pyridine rings is 1. The number of anilines is 1. The van der Waals surface area contributed by atoms with Crippen molar-refractivity contribution >= 4 is 40.0 Å². The lowest BCUT2D eigenvalue weighted by Gasteiger charge is -2.47. The second kappa shape index (κ2) is 10.1. The Balaban J connectivity index is 0.966. The second-order valence-corrected chi connectivity index (χ2v) is 13.3. The summed E-state index contributed by atoms with van der Waals surface area (Å²) in [7, 11) is 2.01. The van der Waals surface area contributed by atoms with Gasteiger partial charge in [0.15, 0.2) is 0 Å². The third-order valence-corrected chi connectivity index (χ3v) is 11.2. The number of nitrogens with zero attached hydrogens (tertiary/aromatic N) is 5. The maximum Gasteiger partial charge on any atom is 0.257 e. The molecule has 0 bridgehead atoms. The van der Waals surface area contributed by atoms with Crippen molar-refractivity contribution in [2.45, 2.75) is 51.1 Å². The van der Waals surface area contributed by atoms with E-state index in [1.165, 1.54) is 11.3 Å². The molecule has 1 spiro atoms. The van der Waals surface area contributed by atoms with Crippen LogP contribution in [0.4, 0.5) is 5.69 Å². The fourth-order valence-electron chi connectivity index (χ4n) is 8.23. The van der Waals surface area contributed by atoms with Crippen LogP contribution in [0.25, 0.3) is 10.9 Å². The Labute approximate surface area is 257 Å². The van der Waals surface area contributed by atoms with Gasteiger partial charge in [-0.1, -0.05) is 23.7 Å². The predicted octanol–water partition coefficient (Wildman–Crippen LogP) is 6.39. The van der Waals surface area contributed by atoms with E-state index in [2.05, 4.69) is 37.5 Å². The molecule has 0 saturated carbocycles. The average Bonchev–Trinajstić information content (AvgIpc) is 3.70. The smallest absolute Gasteiger partial charge is 0.257 e. The van der Waals surface area contributed by atoms with Gasteiger partial charge in [0, 0.05) is 50.4 Å². The zero-order valence-electron chi connectivity index (χ0n) is 24.6. The van der Waals surface area contributed by atoms with Crippen molar-refractivity contribution in [1.29, 1.82) is 0 Å². The highest BCUT2D eigenvalue weighted by Gasteiger charge is 2.42. The van der Waals surface area contributed by atoms with E-state index in [1.807, 2.05) is 54.7 Å². The molecule has 2 amide bonds. The van der Waals surface area contributed by atoms with Crippen LogP contribution in [0.15, 0.2) is 60.9 Å². The molecule has 1 unspecified atom stereocenters. The number of hydrogen-bond donors (Lipinski definition) is 0. The summed E-state index contributed by atoms with van der Waals surface area (Å²) in [6, 6.07) is 16.1. The first-order valence-electron chi connectivity index (χ1n) is 15.6. The van der Waals surface area contributed by atoms with Crippen molar-refractivity contribution in [2.75, 3.05) is 31.1 Å². The zero-order valence-corrected chi connectivity index (χ0v) is 25.3. The number of fused-ring (bicyclic) bond motifs is 4. The lowest BCUT2D eigenvalue weighted by molar-refractivity contribution is 0.0515. The molecule has 7 nitrogen and oxygen atoms in total. The second-order valence-electron chi connectivity index (χ2n) is 12.9. The molecule has 0 N–H and O–H groups in total. The van der Waals surface area contributed by atoms with Crippen LogP contribution in [0.2, 0.25) is 5.02 Å². The van der Waals surface area contributed by atoms with Crippen LogP contribution in [0.1, 0.15) is 75.7 Å². The standard InChI is InChI=1S/C35H36ClN5O2/c1-38-29-6-2-5-27(36)31(29)32-30(38)22-41(34(32)43)28-10-9-23-7-8-24(20-26(23)28)33(42)40-18-13-35(14-19-40)11-16-39(17-12-35)25-4-3-15-37-21-25/h2-8,15,20-21,28H,9-14,16-19,22H2,1H3. The van der Waals surface area contributed by atoms with Crippen molar-refractivity contribution < 1.29 is 9.59 Å². The first kappa shape index (κ1) is 26.8. The van der Waals surface area contributed by atoms with E-state index in [0.29, 0.717) is 17.0 Å². The van der Waals surface area contributed by atoms with Gasteiger partial charge >= 0.3 is 0 Å². The summed E-state index contributed by atoms with van der Waals surface area (Å²) >= 11 is 6.59. The molecule has 1 aliphatic carbocycles. The molecule has 1 atom stereocenters. The largest absolute Gasteiger partial charge is 0.370 e. The molecule has 4 aliphatic rings. The number of likely N-dealkylation sites (tertiary alicyclic amines) is 1. The van der Waals surface area contributed by atoms with E-state index < -0.39 is 0 Å². The van der Waals surface area contributed by atoms with Gasteiger partial charge in [-0.25, -0.2) is 0 Å². The van der Waals surface area contributed by atoms with Crippen LogP contribution in [0.5, 0.6) is 0 Å². The van der Waals surface area contributed by atoms with Gasteiger partial charge in [0.25, 0.3) is 11.8 Å². The molecule has 8 heteroatoms. The number of aryl methyl sites for hydroxylation is 2. The third-order valence-electron chi connectivity index (χ3n) is 10.9. The summed E-state index contributed by atoms with van der Waals surface area (Å²) in [6.07, 6.45) is 10.0. The summed E-state index contributed by atoms with van der Waals surface area (Å²) in [5.74, 6) is 0.157. The summed E-state index contributed by atoms with van der Waals surface area (Å²) in [6.45, 7) is 4.27. The molecule has 2 aromatic carbocycles. The fraction of sp³-hybridized carbons (Fsp3) is 0.400. The Hall–Kier alpha value is -3.84. The van der Waals surface area contributed by atoms with Gasteiger partial charge in [-0.2, -0.15) is 0 Å². The monoisotopic (exact) mass is 593 g/mol. The molecule has 4 aromatic rings. The van der Waals surface area contributed by atoms with Crippen molar-refractivity contribution in [3.05, 3.63) is 93.9 Å². The SMILES string of the molecule is Cn1c2c(c3c(Cl)cccc31)C(=O)N(C1CCc3ccc(C(=O)N4CCC5(CC4)CCN(c4cccnc4)CC5)cc31)C2. The molecule has 2 aromatic heterocycles. The van der Waals surface area contributed by atoms with Crippen LogP contribution in [-0.4, -0.2) is 57.3 Å². The van der Waals surface area contributed by atoms with Crippen LogP contribution in [0.3, 0.4) is 0 Å². The number of hydrogen-bond acceptors (Lipinski definition) is 4. The van der Waals surface area contributed by atoms with Crippen LogP contribution in [0, 0.1) is 5.41 Å². The van der Waals surface area contributed by atoms with Crippen molar-refractivity contribution in [1.82, 2.24) is 19.4 Å². The Bertz CT molecular complexity index is 1750. The Morgan fingerprint density at radius 3 is 2.56 bits per heavy atom. The van der Waals surface area contributed by atoms with E-state index >= 15 is 0 Å². The number of carbonyl (C=O) groups is 2. The quantitative estimate of drug-likeness (QED) is 0.276. The number of rotatable bonds is 3. The lowest BCUT2D eigenvalue weighted by atomic mass is 9.71. The minimum Gasteiger partial charge on any atom is -0.370 e. The topological polar surface area (TPSA) is 61.7 Å². The summed E-state index contributed by atoms with van der Waals surface area (Å²) in [4.78, 5) is 38.4. The molecule has 43 heavy (non-hydrogen) atoms. The van der Waals surface area contributed by atoms with Crippen molar-refractivity contribution in [3.8, 4) is 0 Å². The number of carbonyl (C=O) groups excluding carboxylic acids is 2. The number of amides is 2. The molecule has 0 radical (unpaired) electrons. The lowest BCUT2D eigenvalue weighted by Crippen LogP contribution is -2.48. The van der Waals surface area contributed by atoms with E-state index in [0.717, 1.165) is 98.0 Å². The molecule has 220 valence electrons. The summed E-state index contributed by atoms with van der Waals surface area (Å²) < 4.78 is 2.11. The Kier molecular flexibility index (Phi) is 6.30. The van der Waals surface area contributed by atoms with Gasteiger partial charge in [-0.3, -0.25) is 14.6 Å². The van der Waals surface area contributed by atoms with E-state index in [1.54, 1.807) is 0 Å². The molecule has 2 fully saturated rings. The van der Waals surface area contributed by atoms with E-state index in [9.17, 15) is 9.59 Å². The highest BCUT2D eigenvalue weighted by Crippen LogP contribution is 2.45. The fourth-order valence-corrected chi connectivity index (χ4v) is 8.49. The predicted molar refractivity (Wildman–Crippen MR) is 169 cm³/mol. The van der Waals surface area contributed by atoms with Crippen LogP contribution in [-0.2, 0) is 20.0 Å². The number of piperidine rings is 2. The summed E-state index contributed by atoms with van der Waals surface area (Å²) in [5.41, 5.74) is 7.38. The number of benzene rings is 2. The molecular weight excluding hydrogens is 558 g/mol. The Morgan fingerprint density at radius 1 is 1.00 bits per heavy atom. The van der Waals surface area contributed by atoms with Gasteiger partial charge in [0.2, 0.25) is 0 Å². The summed E-state index contributed by atoms with van der Waals surface area (Å²) in [5, 5.41) is 1.47. The minimum absolute atomic E-state index is 0.0326. The van der Waals surface area contributed by atoms with Gasteiger partial charge in [-0.05, 0) is 91.5 Å². The highest BCUT2D eigenvalue weighted by atomic mass is 35.5. The maximum atomic E-state index is 13.9. The number of aromatic nitrogens is 2. The first-order valence-corrected chi connectivity index (χ1v) is 15.9. The molecule has 5 heterocycles. The van der Waals surface area contributed by atoms with Gasteiger partial charge in [0.1, 0.15) is 0 Å². The van der Waals surface area contributed by atoms with Gasteiger partial charge in [-0.15, -0.1) is 0 Å². The normalized spacial score (nSPS) is 21.1. The van der Waals surface area contributed by atoms with Crippen molar-refractivity contribution in [2.24, 2.45) is 12.5 Å². The zero-order chi connectivity index (χ0) is 29.3. The van der Waals surface area contributed by atoms with Crippen molar-refractivity contribution in [3.63, 3.8) is 0 Å². The van der Waals surface area contributed by atoms with E-state index in [4.69, 9.17) is 11.6 Å². The first-order chi connectivity index (χ1) is 20.9. The van der Waals surface area contributed by atoms with E-state index in [-0.39, 0.29) is 17.9 Å². The maximum absolute atomic E-state index is 13.9. The molecule has 2 saturated heterocycles. The minimum atomic E-state index is -0.0326. The average molecular weight is 594 g/mol. The molecule has 8 rings (SSSR count). The third kappa shape index (κ3) is 4.27. The van der Waals surface area contributed by atoms with Gasteiger partial charge < -0.3 is 19.3 Å². The van der Waals surface area contributed by atoms with Crippen LogP contribution >= 0.6 is 11.6 Å². The number of halogens is 1. The van der Waals surface area contributed by atoms with Gasteiger partial charge in [0.05, 0.1) is 46.3 Å². The Morgan fingerprint density at radius 2 is 1.79 bits per heavy atom. The molecule has 3 aliphatic heterocycles.